The number of unbranched alkanes of at least 4 members (excludes halogenated alkanes) is 4. The molecule has 8 nitrogen and oxygen atoms in total. The van der Waals surface area contributed by atoms with E-state index in [2.05, 4.69) is 12.2 Å². The number of aliphatic carboxylic acids is 1. The van der Waals surface area contributed by atoms with E-state index in [4.69, 9.17) is 4.74 Å². The van der Waals surface area contributed by atoms with Gasteiger partial charge in [0, 0.05) is 24.7 Å². The van der Waals surface area contributed by atoms with Crippen LogP contribution in [0.25, 0.3) is 0 Å². The lowest BCUT2D eigenvalue weighted by Gasteiger charge is -2.49. The minimum absolute atomic E-state index is 0.143. The predicted molar refractivity (Wildman–Crippen MR) is 99.7 cm³/mol. The fourth-order valence-electron chi connectivity index (χ4n) is 3.12. The van der Waals surface area contributed by atoms with Crippen molar-refractivity contribution in [3.8, 4) is 0 Å². The molecule has 2 aliphatic rings. The molecule has 2 amide bonds. The Bertz CT molecular complexity index is 648. The average Bonchev–Trinajstić information content (AvgIpc) is 2.63. The van der Waals surface area contributed by atoms with Gasteiger partial charge in [-0.15, -0.1) is 11.8 Å². The van der Waals surface area contributed by atoms with Crippen LogP contribution in [0.1, 0.15) is 52.4 Å². The number of carbonyl (C=O) groups is 4. The lowest BCUT2D eigenvalue weighted by Crippen LogP contribution is -2.70. The second-order valence-electron chi connectivity index (χ2n) is 6.66. The van der Waals surface area contributed by atoms with Gasteiger partial charge in [0.2, 0.25) is 5.91 Å². The first-order valence-electron chi connectivity index (χ1n) is 9.19. The van der Waals surface area contributed by atoms with Crippen molar-refractivity contribution >= 4 is 35.5 Å². The number of nitrogens with zero attached hydrogens (tertiary/aromatic N) is 1. The summed E-state index contributed by atoms with van der Waals surface area (Å²) in [6, 6.07) is -0.706. The summed E-state index contributed by atoms with van der Waals surface area (Å²) in [7, 11) is 0. The molecule has 2 N–H and O–H groups in total. The van der Waals surface area contributed by atoms with Crippen LogP contribution in [0, 0.1) is 0 Å². The quantitative estimate of drug-likeness (QED) is 0.327. The van der Waals surface area contributed by atoms with E-state index in [1.54, 1.807) is 0 Å². The molecule has 0 aromatic rings. The van der Waals surface area contributed by atoms with Crippen molar-refractivity contribution in [2.45, 2.75) is 63.8 Å². The van der Waals surface area contributed by atoms with Gasteiger partial charge in [0.25, 0.3) is 5.91 Å². The standard InChI is InChI=1S/C18H26N2O6S/c1-3-4-5-6-7-8-13(22)19-14-16(23)20-15(18(24)25)12(9-26-11(2)21)10-27-17(14)20/h14,17H,3-10H2,1-2H3,(H,19,22)(H,24,25). The highest BCUT2D eigenvalue weighted by Crippen LogP contribution is 2.40. The normalized spacial score (nSPS) is 21.4. The predicted octanol–water partition coefficient (Wildman–Crippen LogP) is 1.65. The van der Waals surface area contributed by atoms with Gasteiger partial charge < -0.3 is 15.2 Å². The van der Waals surface area contributed by atoms with Crippen LogP contribution < -0.4 is 5.32 Å². The number of carboxylic acids is 1. The Kier molecular flexibility index (Phi) is 7.70. The molecule has 27 heavy (non-hydrogen) atoms. The molecular formula is C18H26N2O6S. The summed E-state index contributed by atoms with van der Waals surface area (Å²) >= 11 is 1.36. The largest absolute Gasteiger partial charge is 0.477 e. The van der Waals surface area contributed by atoms with E-state index in [-0.39, 0.29) is 18.2 Å². The second-order valence-corrected chi connectivity index (χ2v) is 7.76. The van der Waals surface area contributed by atoms with Crippen molar-refractivity contribution in [1.82, 2.24) is 10.2 Å². The number of fused-ring (bicyclic) bond motifs is 1. The number of ether oxygens (including phenoxy) is 1. The molecular weight excluding hydrogens is 372 g/mol. The summed E-state index contributed by atoms with van der Waals surface area (Å²) in [5.41, 5.74) is 0.239. The van der Waals surface area contributed by atoms with E-state index < -0.39 is 29.3 Å². The van der Waals surface area contributed by atoms with E-state index in [1.165, 1.54) is 23.6 Å². The van der Waals surface area contributed by atoms with Gasteiger partial charge in [-0.25, -0.2) is 4.79 Å². The van der Waals surface area contributed by atoms with Crippen molar-refractivity contribution < 1.29 is 29.0 Å². The molecule has 0 aromatic carbocycles. The Morgan fingerprint density at radius 1 is 1.26 bits per heavy atom. The Morgan fingerprint density at radius 2 is 1.96 bits per heavy atom. The van der Waals surface area contributed by atoms with E-state index in [0.717, 1.165) is 32.1 Å². The van der Waals surface area contributed by atoms with Crippen molar-refractivity contribution in [1.29, 1.82) is 0 Å². The average molecular weight is 398 g/mol. The van der Waals surface area contributed by atoms with Crippen LogP contribution >= 0.6 is 11.8 Å². The highest BCUT2D eigenvalue weighted by atomic mass is 32.2. The van der Waals surface area contributed by atoms with Gasteiger partial charge in [0.05, 0.1) is 0 Å². The number of carbonyl (C=O) groups excluding carboxylic acids is 3. The highest BCUT2D eigenvalue weighted by molar-refractivity contribution is 8.00. The van der Waals surface area contributed by atoms with E-state index >= 15 is 0 Å². The zero-order valence-corrected chi connectivity index (χ0v) is 16.5. The number of nitrogens with one attached hydrogen (secondary N) is 1. The third-order valence-corrected chi connectivity index (χ3v) is 5.86. The third kappa shape index (κ3) is 5.24. The Labute approximate surface area is 162 Å². The molecule has 0 aliphatic carbocycles. The molecule has 1 saturated heterocycles. The zero-order chi connectivity index (χ0) is 20.0. The lowest BCUT2D eigenvalue weighted by atomic mass is 10.0. The summed E-state index contributed by atoms with van der Waals surface area (Å²) in [4.78, 5) is 48.3. The van der Waals surface area contributed by atoms with Crippen LogP contribution in [0.15, 0.2) is 11.3 Å². The number of hydrogen-bond donors (Lipinski definition) is 2. The lowest BCUT2D eigenvalue weighted by molar-refractivity contribution is -0.151. The number of esters is 1. The summed E-state index contributed by atoms with van der Waals surface area (Å²) < 4.78 is 4.89. The number of thioether (sulfide) groups is 1. The topological polar surface area (TPSA) is 113 Å². The minimum Gasteiger partial charge on any atom is -0.477 e. The SMILES string of the molecule is CCCCCCCC(=O)NC1C(=O)N2C(C(=O)O)=C(COC(C)=O)CSC12. The maximum Gasteiger partial charge on any atom is 0.352 e. The number of β-lactam (4-membered cyclic amide) rings is 1. The minimum atomic E-state index is -1.24. The van der Waals surface area contributed by atoms with E-state index in [9.17, 15) is 24.3 Å². The first-order chi connectivity index (χ1) is 12.9. The highest BCUT2D eigenvalue weighted by Gasteiger charge is 2.54. The summed E-state index contributed by atoms with van der Waals surface area (Å²) in [6.07, 6.45) is 5.50. The number of amides is 2. The van der Waals surface area contributed by atoms with Gasteiger partial charge >= 0.3 is 11.9 Å². The molecule has 2 unspecified atom stereocenters. The van der Waals surface area contributed by atoms with Crippen LogP contribution in [0.5, 0.6) is 0 Å². The van der Waals surface area contributed by atoms with Crippen LogP contribution in [-0.4, -0.2) is 57.5 Å². The molecule has 0 saturated carbocycles. The molecule has 0 radical (unpaired) electrons. The molecule has 1 fully saturated rings. The van der Waals surface area contributed by atoms with Crippen LogP contribution in [-0.2, 0) is 23.9 Å². The molecule has 0 spiro atoms. The second kappa shape index (κ2) is 9.77. The smallest absolute Gasteiger partial charge is 0.352 e. The summed E-state index contributed by atoms with van der Waals surface area (Å²) in [5.74, 6) is -2.05. The molecule has 2 atom stereocenters. The van der Waals surface area contributed by atoms with Crippen molar-refractivity contribution in [2.24, 2.45) is 0 Å². The van der Waals surface area contributed by atoms with Crippen LogP contribution in [0.3, 0.4) is 0 Å². The molecule has 150 valence electrons. The van der Waals surface area contributed by atoms with E-state index in [1.807, 2.05) is 0 Å². The molecule has 0 aromatic heterocycles. The van der Waals surface area contributed by atoms with Gasteiger partial charge in [-0.1, -0.05) is 32.6 Å². The Balaban J connectivity index is 1.93. The van der Waals surface area contributed by atoms with Crippen molar-refractivity contribution in [2.75, 3.05) is 12.4 Å². The first-order valence-corrected chi connectivity index (χ1v) is 10.2. The molecule has 2 rings (SSSR count). The van der Waals surface area contributed by atoms with Gasteiger partial charge in [0.1, 0.15) is 23.7 Å². The molecule has 9 heteroatoms. The van der Waals surface area contributed by atoms with Gasteiger partial charge in [0.15, 0.2) is 0 Å². The fraction of sp³-hybridized carbons (Fsp3) is 0.667. The summed E-state index contributed by atoms with van der Waals surface area (Å²) in [5, 5.41) is 11.8. The first kappa shape index (κ1) is 21.3. The maximum atomic E-state index is 12.4. The Morgan fingerprint density at radius 3 is 2.59 bits per heavy atom. The maximum absolute atomic E-state index is 12.4. The summed E-state index contributed by atoms with van der Waals surface area (Å²) in [6.45, 7) is 3.21. The van der Waals surface area contributed by atoms with E-state index in [0.29, 0.717) is 17.7 Å². The number of rotatable bonds is 10. The molecule has 2 heterocycles. The van der Waals surface area contributed by atoms with Gasteiger partial charge in [-0.3, -0.25) is 19.3 Å². The van der Waals surface area contributed by atoms with Gasteiger partial charge in [-0.05, 0) is 6.42 Å². The molecule has 0 bridgehead atoms. The van der Waals surface area contributed by atoms with Crippen LogP contribution in [0.2, 0.25) is 0 Å². The number of carboxylic acid groups (broad SMARTS) is 1. The number of hydrogen-bond acceptors (Lipinski definition) is 6. The zero-order valence-electron chi connectivity index (χ0n) is 15.7. The third-order valence-electron chi connectivity index (χ3n) is 4.52. The Hall–Kier alpha value is -2.03. The van der Waals surface area contributed by atoms with Gasteiger partial charge in [-0.2, -0.15) is 0 Å². The van der Waals surface area contributed by atoms with Crippen molar-refractivity contribution in [3.63, 3.8) is 0 Å². The monoisotopic (exact) mass is 398 g/mol. The fourth-order valence-corrected chi connectivity index (χ4v) is 4.45. The van der Waals surface area contributed by atoms with Crippen molar-refractivity contribution in [3.05, 3.63) is 11.3 Å². The van der Waals surface area contributed by atoms with Crippen LogP contribution in [0.4, 0.5) is 0 Å². The molecule has 2 aliphatic heterocycles.